The van der Waals surface area contributed by atoms with Crippen LogP contribution < -0.4 is 5.32 Å². The highest BCUT2D eigenvalue weighted by Crippen LogP contribution is 2.37. The van der Waals surface area contributed by atoms with Crippen LogP contribution in [0.4, 0.5) is 0 Å². The van der Waals surface area contributed by atoms with Gasteiger partial charge in [-0.3, -0.25) is 9.59 Å². The largest absolute Gasteiger partial charge is 0.382 e. The van der Waals surface area contributed by atoms with E-state index in [-0.39, 0.29) is 23.9 Å². The first-order valence-corrected chi connectivity index (χ1v) is 7.86. The maximum Gasteiger partial charge on any atom is 0.245 e. The summed E-state index contributed by atoms with van der Waals surface area (Å²) in [5, 5.41) is 2.86. The van der Waals surface area contributed by atoms with E-state index in [0.717, 1.165) is 19.3 Å². The number of rotatable bonds is 9. The third-order valence-corrected chi connectivity index (χ3v) is 4.10. The Balaban J connectivity index is 1.85. The third-order valence-electron chi connectivity index (χ3n) is 4.10. The predicted molar refractivity (Wildman–Crippen MR) is 77.8 cm³/mol. The van der Waals surface area contributed by atoms with Gasteiger partial charge in [-0.25, -0.2) is 0 Å². The molecule has 2 atom stereocenters. The predicted octanol–water partition coefficient (Wildman–Crippen LogP) is 0.555. The molecule has 1 saturated heterocycles. The lowest BCUT2D eigenvalue weighted by Gasteiger charge is -2.39. The number of nitrogens with zero attached hydrogens (tertiary/aromatic N) is 1. The molecule has 0 aromatic carbocycles. The highest BCUT2D eigenvalue weighted by atomic mass is 16.5. The molecule has 21 heavy (non-hydrogen) atoms. The van der Waals surface area contributed by atoms with Gasteiger partial charge in [0.25, 0.3) is 0 Å². The van der Waals surface area contributed by atoms with Crippen LogP contribution >= 0.6 is 0 Å². The van der Waals surface area contributed by atoms with Crippen LogP contribution in [0.15, 0.2) is 0 Å². The number of carbonyl (C=O) groups excluding carboxylic acids is 2. The van der Waals surface area contributed by atoms with Crippen LogP contribution in [0.25, 0.3) is 0 Å². The van der Waals surface area contributed by atoms with Crippen molar-refractivity contribution in [2.45, 2.75) is 44.7 Å². The minimum Gasteiger partial charge on any atom is -0.382 e. The normalized spacial score (nSPS) is 26.1. The second kappa shape index (κ2) is 7.75. The van der Waals surface area contributed by atoms with Crippen LogP contribution in [0.1, 0.15) is 32.6 Å². The van der Waals surface area contributed by atoms with E-state index in [1.54, 1.807) is 12.0 Å². The van der Waals surface area contributed by atoms with Gasteiger partial charge in [0.05, 0.1) is 13.2 Å². The van der Waals surface area contributed by atoms with Crippen molar-refractivity contribution in [3.63, 3.8) is 0 Å². The van der Waals surface area contributed by atoms with Crippen molar-refractivity contribution in [2.24, 2.45) is 5.92 Å². The van der Waals surface area contributed by atoms with Gasteiger partial charge in [-0.2, -0.15) is 0 Å². The Morgan fingerprint density at radius 3 is 2.62 bits per heavy atom. The van der Waals surface area contributed by atoms with Crippen LogP contribution in [-0.2, 0) is 19.1 Å². The SMILES string of the molecule is CCC1NC(=O)C(C2CC2)N(CCCOCCOC)C1=O. The summed E-state index contributed by atoms with van der Waals surface area (Å²) in [5.41, 5.74) is 0. The van der Waals surface area contributed by atoms with E-state index in [0.29, 0.717) is 38.7 Å². The summed E-state index contributed by atoms with van der Waals surface area (Å²) in [7, 11) is 1.64. The molecule has 1 aliphatic carbocycles. The maximum atomic E-state index is 12.5. The molecule has 0 aromatic heterocycles. The number of amides is 2. The van der Waals surface area contributed by atoms with Gasteiger partial charge in [-0.1, -0.05) is 6.92 Å². The van der Waals surface area contributed by atoms with E-state index in [1.807, 2.05) is 6.92 Å². The monoisotopic (exact) mass is 298 g/mol. The minimum absolute atomic E-state index is 0.0178. The first-order chi connectivity index (χ1) is 10.2. The van der Waals surface area contributed by atoms with Crippen LogP contribution in [0, 0.1) is 5.92 Å². The Kier molecular flexibility index (Phi) is 5.99. The summed E-state index contributed by atoms with van der Waals surface area (Å²) < 4.78 is 10.3. The zero-order chi connectivity index (χ0) is 15.2. The average molecular weight is 298 g/mol. The molecule has 2 aliphatic rings. The van der Waals surface area contributed by atoms with Crippen molar-refractivity contribution in [1.82, 2.24) is 10.2 Å². The summed E-state index contributed by atoms with van der Waals surface area (Å²) in [6, 6.07) is -0.624. The molecule has 120 valence electrons. The van der Waals surface area contributed by atoms with Gasteiger partial charge in [-0.15, -0.1) is 0 Å². The van der Waals surface area contributed by atoms with Crippen molar-refractivity contribution in [2.75, 3.05) is 33.5 Å². The summed E-state index contributed by atoms with van der Waals surface area (Å²) >= 11 is 0. The maximum absolute atomic E-state index is 12.5. The fourth-order valence-corrected chi connectivity index (χ4v) is 2.79. The molecule has 0 aromatic rings. The molecule has 6 heteroatoms. The summed E-state index contributed by atoms with van der Waals surface area (Å²) in [6.45, 7) is 4.24. The van der Waals surface area contributed by atoms with Crippen LogP contribution in [-0.4, -0.2) is 62.3 Å². The summed E-state index contributed by atoms with van der Waals surface area (Å²) in [6.07, 6.45) is 3.48. The molecule has 2 rings (SSSR count). The van der Waals surface area contributed by atoms with Crippen molar-refractivity contribution in [1.29, 1.82) is 0 Å². The molecule has 1 saturated carbocycles. The molecule has 1 N–H and O–H groups in total. The van der Waals surface area contributed by atoms with Gasteiger partial charge < -0.3 is 19.7 Å². The van der Waals surface area contributed by atoms with E-state index >= 15 is 0 Å². The molecule has 2 fully saturated rings. The zero-order valence-corrected chi connectivity index (χ0v) is 13.0. The van der Waals surface area contributed by atoms with E-state index in [4.69, 9.17) is 9.47 Å². The highest BCUT2D eigenvalue weighted by Gasteiger charge is 2.47. The van der Waals surface area contributed by atoms with Gasteiger partial charge >= 0.3 is 0 Å². The van der Waals surface area contributed by atoms with E-state index < -0.39 is 0 Å². The Bertz CT molecular complexity index is 371. The quantitative estimate of drug-likeness (QED) is 0.631. The molecule has 1 aliphatic heterocycles. The molecule has 2 unspecified atom stereocenters. The number of carbonyl (C=O) groups is 2. The molecule has 0 radical (unpaired) electrons. The number of piperazine rings is 1. The lowest BCUT2D eigenvalue weighted by atomic mass is 10.0. The first-order valence-electron chi connectivity index (χ1n) is 7.86. The Labute approximate surface area is 126 Å². The van der Waals surface area contributed by atoms with Gasteiger partial charge in [0.15, 0.2) is 0 Å². The van der Waals surface area contributed by atoms with E-state index in [2.05, 4.69) is 5.32 Å². The smallest absolute Gasteiger partial charge is 0.245 e. The molecule has 0 spiro atoms. The van der Waals surface area contributed by atoms with Crippen molar-refractivity contribution in [3.05, 3.63) is 0 Å². The van der Waals surface area contributed by atoms with Gasteiger partial charge in [0.2, 0.25) is 11.8 Å². The molecule has 1 heterocycles. The number of hydrogen-bond acceptors (Lipinski definition) is 4. The lowest BCUT2D eigenvalue weighted by molar-refractivity contribution is -0.150. The van der Waals surface area contributed by atoms with Crippen molar-refractivity contribution < 1.29 is 19.1 Å². The van der Waals surface area contributed by atoms with Crippen molar-refractivity contribution >= 4 is 11.8 Å². The molecular weight excluding hydrogens is 272 g/mol. The number of hydrogen-bond donors (Lipinski definition) is 1. The Morgan fingerprint density at radius 2 is 2.00 bits per heavy atom. The fraction of sp³-hybridized carbons (Fsp3) is 0.867. The summed E-state index contributed by atoms with van der Waals surface area (Å²) in [5.74, 6) is 0.427. The molecule has 6 nitrogen and oxygen atoms in total. The zero-order valence-electron chi connectivity index (χ0n) is 13.0. The second-order valence-corrected chi connectivity index (χ2v) is 5.74. The number of nitrogens with one attached hydrogen (secondary N) is 1. The standard InChI is InChI=1S/C15H26N2O4/c1-3-12-15(19)17(7-4-8-21-10-9-20-2)13(11-5-6-11)14(18)16-12/h11-13H,3-10H2,1-2H3,(H,16,18). The van der Waals surface area contributed by atoms with Crippen LogP contribution in [0.5, 0.6) is 0 Å². The fourth-order valence-electron chi connectivity index (χ4n) is 2.79. The topological polar surface area (TPSA) is 67.9 Å². The number of ether oxygens (including phenoxy) is 2. The van der Waals surface area contributed by atoms with Gasteiger partial charge in [-0.05, 0) is 31.6 Å². The van der Waals surface area contributed by atoms with Gasteiger partial charge in [0.1, 0.15) is 12.1 Å². The van der Waals surface area contributed by atoms with E-state index in [1.165, 1.54) is 0 Å². The van der Waals surface area contributed by atoms with Crippen molar-refractivity contribution in [3.8, 4) is 0 Å². The lowest BCUT2D eigenvalue weighted by Crippen LogP contribution is -2.64. The first kappa shape index (κ1) is 16.2. The Morgan fingerprint density at radius 1 is 1.24 bits per heavy atom. The van der Waals surface area contributed by atoms with Crippen LogP contribution in [0.2, 0.25) is 0 Å². The molecule has 0 bridgehead atoms. The van der Waals surface area contributed by atoms with Crippen LogP contribution in [0.3, 0.4) is 0 Å². The highest BCUT2D eigenvalue weighted by molar-refractivity contribution is 5.97. The number of methoxy groups -OCH3 is 1. The molecular formula is C15H26N2O4. The van der Waals surface area contributed by atoms with Gasteiger partial charge in [0, 0.05) is 20.3 Å². The second-order valence-electron chi connectivity index (χ2n) is 5.74. The third kappa shape index (κ3) is 4.17. The molecule has 2 amide bonds. The average Bonchev–Trinajstić information content (AvgIpc) is 3.30. The van der Waals surface area contributed by atoms with E-state index in [9.17, 15) is 9.59 Å². The summed E-state index contributed by atoms with van der Waals surface area (Å²) in [4.78, 5) is 26.5. The Hall–Kier alpha value is -1.14. The minimum atomic E-state index is -0.359.